The van der Waals surface area contributed by atoms with Crippen LogP contribution in [0.2, 0.25) is 0 Å². The van der Waals surface area contributed by atoms with Crippen molar-refractivity contribution < 1.29 is 4.79 Å². The van der Waals surface area contributed by atoms with E-state index < -0.39 is 0 Å². The molecule has 1 N–H and O–H groups in total. The van der Waals surface area contributed by atoms with Crippen LogP contribution in [0.1, 0.15) is 32.6 Å². The summed E-state index contributed by atoms with van der Waals surface area (Å²) in [5.41, 5.74) is 5.01. The number of nitrogens with zero attached hydrogens (tertiary/aromatic N) is 2. The average molecular weight is 269 g/mol. The van der Waals surface area contributed by atoms with Gasteiger partial charge in [0.2, 0.25) is 0 Å². The number of hydrogen-bond acceptors (Lipinski definition) is 3. The largest absolute Gasteiger partial charge is 0.352 e. The molecule has 4 heteroatoms. The van der Waals surface area contributed by atoms with Crippen molar-refractivity contribution in [3.8, 4) is 0 Å². The minimum atomic E-state index is -0.0168. The van der Waals surface area contributed by atoms with E-state index in [1.807, 2.05) is 32.9 Å². The van der Waals surface area contributed by atoms with Crippen LogP contribution in [-0.4, -0.2) is 22.4 Å². The molecule has 104 valence electrons. The number of carbonyl (C=O) groups excluding carboxylic acids is 1. The van der Waals surface area contributed by atoms with Crippen molar-refractivity contribution in [1.82, 2.24) is 15.3 Å². The Labute approximate surface area is 119 Å². The zero-order valence-corrected chi connectivity index (χ0v) is 12.1. The van der Waals surface area contributed by atoms with Crippen molar-refractivity contribution in [2.24, 2.45) is 0 Å². The highest BCUT2D eigenvalue weighted by atomic mass is 16.1. The van der Waals surface area contributed by atoms with Crippen LogP contribution in [0.5, 0.6) is 0 Å². The molecule has 1 heterocycles. The quantitative estimate of drug-likeness (QED) is 0.927. The van der Waals surface area contributed by atoms with Gasteiger partial charge in [0.15, 0.2) is 0 Å². The molecule has 0 saturated carbocycles. The zero-order chi connectivity index (χ0) is 14.5. The van der Waals surface area contributed by atoms with Crippen LogP contribution in [0, 0.1) is 20.8 Å². The summed E-state index contributed by atoms with van der Waals surface area (Å²) < 4.78 is 0. The molecule has 0 spiro atoms. The summed E-state index contributed by atoms with van der Waals surface area (Å²) >= 11 is 0. The van der Waals surface area contributed by atoms with E-state index in [1.54, 1.807) is 12.4 Å². The van der Waals surface area contributed by atoms with Gasteiger partial charge in [-0.25, -0.2) is 9.97 Å². The van der Waals surface area contributed by atoms with E-state index in [9.17, 15) is 4.79 Å². The molecule has 1 aromatic carbocycles. The third-order valence-corrected chi connectivity index (χ3v) is 3.22. The van der Waals surface area contributed by atoms with Gasteiger partial charge in [-0.1, -0.05) is 17.7 Å². The van der Waals surface area contributed by atoms with E-state index in [-0.39, 0.29) is 5.91 Å². The van der Waals surface area contributed by atoms with E-state index in [4.69, 9.17) is 0 Å². The van der Waals surface area contributed by atoms with E-state index in [0.717, 1.165) is 28.7 Å². The Morgan fingerprint density at radius 3 is 2.30 bits per heavy atom. The van der Waals surface area contributed by atoms with Gasteiger partial charge in [0, 0.05) is 24.5 Å². The van der Waals surface area contributed by atoms with E-state index >= 15 is 0 Å². The Morgan fingerprint density at radius 2 is 1.70 bits per heavy atom. The number of aryl methyl sites for hydroxylation is 3. The van der Waals surface area contributed by atoms with Crippen LogP contribution < -0.4 is 5.32 Å². The standard InChI is InChI=1S/C16H19N3O/c1-11-6-12(2)15(13(3)7-11)16(20)19-5-4-14-8-17-10-18-9-14/h6-10H,4-5H2,1-3H3,(H,19,20). The van der Waals surface area contributed by atoms with Crippen LogP contribution in [0.15, 0.2) is 30.9 Å². The van der Waals surface area contributed by atoms with Crippen LogP contribution >= 0.6 is 0 Å². The van der Waals surface area contributed by atoms with E-state index in [0.29, 0.717) is 6.54 Å². The fourth-order valence-electron chi connectivity index (χ4n) is 2.41. The Kier molecular flexibility index (Phi) is 4.45. The number of rotatable bonds is 4. The van der Waals surface area contributed by atoms with Gasteiger partial charge in [0.1, 0.15) is 6.33 Å². The van der Waals surface area contributed by atoms with Crippen molar-refractivity contribution in [1.29, 1.82) is 0 Å². The summed E-state index contributed by atoms with van der Waals surface area (Å²) in [5, 5.41) is 2.95. The molecule has 0 aliphatic rings. The monoisotopic (exact) mass is 269 g/mol. The number of nitrogens with one attached hydrogen (secondary N) is 1. The van der Waals surface area contributed by atoms with Gasteiger partial charge in [-0.2, -0.15) is 0 Å². The minimum absolute atomic E-state index is 0.0168. The van der Waals surface area contributed by atoms with Crippen LogP contribution in [0.25, 0.3) is 0 Å². The molecule has 0 aliphatic carbocycles. The summed E-state index contributed by atoms with van der Waals surface area (Å²) in [5.74, 6) is -0.0168. The summed E-state index contributed by atoms with van der Waals surface area (Å²) in [7, 11) is 0. The number of benzene rings is 1. The third kappa shape index (κ3) is 3.41. The van der Waals surface area contributed by atoms with Gasteiger partial charge in [0.05, 0.1) is 0 Å². The van der Waals surface area contributed by atoms with Crippen LogP contribution in [-0.2, 0) is 6.42 Å². The number of carbonyl (C=O) groups is 1. The molecule has 20 heavy (non-hydrogen) atoms. The molecule has 2 rings (SSSR count). The van der Waals surface area contributed by atoms with Crippen molar-refractivity contribution >= 4 is 5.91 Å². The lowest BCUT2D eigenvalue weighted by atomic mass is 9.99. The lowest BCUT2D eigenvalue weighted by Gasteiger charge is -2.11. The maximum atomic E-state index is 12.2. The van der Waals surface area contributed by atoms with Gasteiger partial charge in [0.25, 0.3) is 5.91 Å². The molecule has 1 aromatic heterocycles. The summed E-state index contributed by atoms with van der Waals surface area (Å²) in [4.78, 5) is 20.2. The lowest BCUT2D eigenvalue weighted by Crippen LogP contribution is -2.27. The first kappa shape index (κ1) is 14.2. The van der Waals surface area contributed by atoms with Gasteiger partial charge in [-0.15, -0.1) is 0 Å². The molecule has 1 amide bonds. The SMILES string of the molecule is Cc1cc(C)c(C(=O)NCCc2cncnc2)c(C)c1. The summed E-state index contributed by atoms with van der Waals surface area (Å²) in [6.45, 7) is 6.57. The minimum Gasteiger partial charge on any atom is -0.352 e. The highest BCUT2D eigenvalue weighted by Crippen LogP contribution is 2.16. The lowest BCUT2D eigenvalue weighted by molar-refractivity contribution is 0.0953. The zero-order valence-electron chi connectivity index (χ0n) is 12.1. The van der Waals surface area contributed by atoms with Gasteiger partial charge < -0.3 is 5.32 Å². The molecule has 2 aromatic rings. The van der Waals surface area contributed by atoms with E-state index in [1.165, 1.54) is 11.9 Å². The first-order valence-electron chi connectivity index (χ1n) is 6.68. The molecule has 0 bridgehead atoms. The molecular formula is C16H19N3O. The molecular weight excluding hydrogens is 250 g/mol. The maximum absolute atomic E-state index is 12.2. The van der Waals surface area contributed by atoms with Crippen molar-refractivity contribution in [2.45, 2.75) is 27.2 Å². The van der Waals surface area contributed by atoms with Crippen molar-refractivity contribution in [2.75, 3.05) is 6.54 Å². The van der Waals surface area contributed by atoms with Gasteiger partial charge >= 0.3 is 0 Å². The second-order valence-corrected chi connectivity index (χ2v) is 5.03. The first-order valence-corrected chi connectivity index (χ1v) is 6.68. The predicted octanol–water partition coefficient (Wildman–Crippen LogP) is 2.37. The Bertz CT molecular complexity index is 585. The Morgan fingerprint density at radius 1 is 1.10 bits per heavy atom. The molecule has 0 saturated heterocycles. The normalized spacial score (nSPS) is 10.3. The van der Waals surface area contributed by atoms with Crippen LogP contribution in [0.4, 0.5) is 0 Å². The number of amides is 1. The summed E-state index contributed by atoms with van der Waals surface area (Å²) in [6, 6.07) is 4.07. The third-order valence-electron chi connectivity index (χ3n) is 3.22. The summed E-state index contributed by atoms with van der Waals surface area (Å²) in [6.07, 6.45) is 5.76. The molecule has 0 aliphatic heterocycles. The second kappa shape index (κ2) is 6.28. The predicted molar refractivity (Wildman–Crippen MR) is 78.7 cm³/mol. The number of hydrogen-bond donors (Lipinski definition) is 1. The van der Waals surface area contributed by atoms with Gasteiger partial charge in [-0.3, -0.25) is 4.79 Å². The fourth-order valence-corrected chi connectivity index (χ4v) is 2.41. The molecule has 0 atom stereocenters. The maximum Gasteiger partial charge on any atom is 0.251 e. The van der Waals surface area contributed by atoms with Crippen molar-refractivity contribution in [3.63, 3.8) is 0 Å². The first-order chi connectivity index (χ1) is 9.58. The molecule has 0 unspecified atom stereocenters. The molecule has 0 fully saturated rings. The van der Waals surface area contributed by atoms with E-state index in [2.05, 4.69) is 15.3 Å². The molecule has 4 nitrogen and oxygen atoms in total. The smallest absolute Gasteiger partial charge is 0.251 e. The average Bonchev–Trinajstić information content (AvgIpc) is 2.38. The van der Waals surface area contributed by atoms with Gasteiger partial charge in [-0.05, 0) is 43.9 Å². The Hall–Kier alpha value is -2.23. The van der Waals surface area contributed by atoms with Crippen LogP contribution in [0.3, 0.4) is 0 Å². The van der Waals surface area contributed by atoms with Crippen molar-refractivity contribution in [3.05, 3.63) is 58.7 Å². The highest BCUT2D eigenvalue weighted by Gasteiger charge is 2.12. The Balaban J connectivity index is 1.99. The second-order valence-electron chi connectivity index (χ2n) is 5.03. The molecule has 0 radical (unpaired) electrons. The fraction of sp³-hybridized carbons (Fsp3) is 0.312. The topological polar surface area (TPSA) is 54.9 Å². The highest BCUT2D eigenvalue weighted by molar-refractivity contribution is 5.97. The number of aromatic nitrogens is 2.